The summed E-state index contributed by atoms with van der Waals surface area (Å²) in [6, 6.07) is 25.0. The molecule has 4 heterocycles. The van der Waals surface area contributed by atoms with E-state index in [0.717, 1.165) is 40.8 Å². The molecule has 6 amide bonds. The fourth-order valence-electron chi connectivity index (χ4n) is 10.4. The molecule has 4 aromatic rings. The summed E-state index contributed by atoms with van der Waals surface area (Å²) in [5.41, 5.74) is 15.4. The number of hydrogen-bond acceptors (Lipinski definition) is 8. The van der Waals surface area contributed by atoms with Gasteiger partial charge in [0.2, 0.25) is 23.6 Å². The van der Waals surface area contributed by atoms with Crippen LogP contribution >= 0.6 is 0 Å². The molecule has 3 saturated heterocycles. The second-order valence-electron chi connectivity index (χ2n) is 18.0. The van der Waals surface area contributed by atoms with Crippen molar-refractivity contribution in [3.8, 4) is 11.1 Å². The Kier molecular flexibility index (Phi) is 13.2. The van der Waals surface area contributed by atoms with E-state index in [1.54, 1.807) is 33.9 Å². The van der Waals surface area contributed by atoms with Crippen LogP contribution in [0.5, 0.6) is 0 Å². The molecule has 6 atom stereocenters. The number of pyridine rings is 1. The minimum Gasteiger partial charge on any atom is -0.465 e. The Bertz CT molecular complexity index is 2290. The summed E-state index contributed by atoms with van der Waals surface area (Å²) in [6.45, 7) is 7.46. The summed E-state index contributed by atoms with van der Waals surface area (Å²) in [5.74, 6) is -3.13. The van der Waals surface area contributed by atoms with Crippen molar-refractivity contribution in [2.75, 3.05) is 18.0 Å². The summed E-state index contributed by atoms with van der Waals surface area (Å²) >= 11 is 0. The van der Waals surface area contributed by atoms with E-state index in [-0.39, 0.29) is 37.0 Å². The van der Waals surface area contributed by atoms with E-state index in [1.807, 2.05) is 66.9 Å². The van der Waals surface area contributed by atoms with Gasteiger partial charge in [-0.15, -0.1) is 0 Å². The van der Waals surface area contributed by atoms with E-state index in [9.17, 15) is 39.0 Å². The zero-order valence-electron chi connectivity index (χ0n) is 37.1. The molecule has 1 aromatic heterocycles. The van der Waals surface area contributed by atoms with Gasteiger partial charge in [-0.25, -0.2) is 9.59 Å². The van der Waals surface area contributed by atoms with Crippen LogP contribution in [0, 0.1) is 11.8 Å². The van der Waals surface area contributed by atoms with Crippen molar-refractivity contribution in [1.82, 2.24) is 25.4 Å². The highest BCUT2D eigenvalue weighted by atomic mass is 16.4. The first-order valence-electron chi connectivity index (χ1n) is 22.2. The Morgan fingerprint density at radius 3 is 1.42 bits per heavy atom. The molecule has 0 radical (unpaired) electrons. The zero-order chi connectivity index (χ0) is 46.8. The van der Waals surface area contributed by atoms with Gasteiger partial charge < -0.3 is 47.0 Å². The van der Waals surface area contributed by atoms with Crippen LogP contribution in [0.25, 0.3) is 11.1 Å². The highest BCUT2D eigenvalue weighted by Gasteiger charge is 2.53. The van der Waals surface area contributed by atoms with Gasteiger partial charge in [0, 0.05) is 31.2 Å². The molecule has 8 N–H and O–H groups in total. The van der Waals surface area contributed by atoms with Crippen LogP contribution in [-0.2, 0) is 30.3 Å². The molecular weight excluding hydrogens is 829 g/mol. The van der Waals surface area contributed by atoms with Crippen LogP contribution in [0.3, 0.4) is 0 Å². The average molecular weight is 887 g/mol. The van der Waals surface area contributed by atoms with E-state index in [1.165, 1.54) is 9.80 Å². The summed E-state index contributed by atoms with van der Waals surface area (Å²) in [7, 11) is 0. The fraction of sp³-hybridized carbons (Fsp3) is 0.408. The topological polar surface area (TPSA) is 242 Å². The molecule has 16 heteroatoms. The van der Waals surface area contributed by atoms with Crippen molar-refractivity contribution in [2.45, 2.75) is 101 Å². The summed E-state index contributed by atoms with van der Waals surface area (Å²) in [5, 5.41) is 23.7. The molecular formula is C49H58N8O8. The number of nitrogens with one attached hydrogen (secondary N) is 2. The minimum atomic E-state index is -1.46. The van der Waals surface area contributed by atoms with Gasteiger partial charge in [0.1, 0.15) is 23.2 Å². The number of amides is 6. The second kappa shape index (κ2) is 18.6. The minimum absolute atomic E-state index is 0.136. The number of benzene rings is 3. The number of carbonyl (C=O) groups excluding carboxylic acids is 4. The highest BCUT2D eigenvalue weighted by molar-refractivity contribution is 5.96. The Morgan fingerprint density at radius 1 is 0.631 bits per heavy atom. The van der Waals surface area contributed by atoms with E-state index in [4.69, 9.17) is 11.5 Å². The van der Waals surface area contributed by atoms with Gasteiger partial charge in [-0.05, 0) is 102 Å². The maximum Gasteiger partial charge on any atom is 0.405 e. The van der Waals surface area contributed by atoms with Crippen LogP contribution in [-0.4, -0.2) is 86.0 Å². The predicted molar refractivity (Wildman–Crippen MR) is 243 cm³/mol. The smallest absolute Gasteiger partial charge is 0.405 e. The third-order valence-electron chi connectivity index (χ3n) is 13.6. The standard InChI is InChI=1S/C49H58N8O8/c1-29(2)40(53-46(62)63)42(58)55-26-6-23-48(55,44(50)60)35-15-9-32(10-16-35)38-21-22-39(57(38)37-19-13-31(14-20-37)34-8-5-25-52-28-34)33-11-17-36(18-12-33)49(45(51)61)24-7-27-56(49)43(59)41(30(3)4)54-47(64)65/h5,8-20,25,28-30,38-41,53-54H,6-7,21-24,26-27H2,1-4H3,(H2,50,60)(H2,51,61)(H,62,63)(H,64,65)/t38-,39-,40-,41-,48-,49-/m0/s1. The molecule has 342 valence electrons. The number of carboxylic acid groups (broad SMARTS) is 2. The van der Waals surface area contributed by atoms with Gasteiger partial charge in [0.25, 0.3) is 0 Å². The zero-order valence-corrected chi connectivity index (χ0v) is 37.1. The number of carbonyl (C=O) groups is 6. The molecule has 0 unspecified atom stereocenters. The Morgan fingerprint density at radius 2 is 1.06 bits per heavy atom. The molecule has 3 aliphatic heterocycles. The molecule has 0 spiro atoms. The van der Waals surface area contributed by atoms with Crippen molar-refractivity contribution in [1.29, 1.82) is 0 Å². The van der Waals surface area contributed by atoms with Crippen molar-refractivity contribution >= 4 is 41.5 Å². The van der Waals surface area contributed by atoms with Crippen molar-refractivity contribution in [2.24, 2.45) is 23.3 Å². The van der Waals surface area contributed by atoms with Crippen LogP contribution in [0.4, 0.5) is 15.3 Å². The van der Waals surface area contributed by atoms with Gasteiger partial charge in [-0.2, -0.15) is 0 Å². The van der Waals surface area contributed by atoms with Crippen LogP contribution < -0.4 is 27.0 Å². The quantitative estimate of drug-likeness (QED) is 0.0860. The van der Waals surface area contributed by atoms with Crippen molar-refractivity contribution in [3.63, 3.8) is 0 Å². The van der Waals surface area contributed by atoms with Gasteiger partial charge in [0.15, 0.2) is 0 Å². The monoisotopic (exact) mass is 886 g/mol. The van der Waals surface area contributed by atoms with Gasteiger partial charge in [0.05, 0.1) is 12.1 Å². The number of primary amides is 2. The average Bonchev–Trinajstić information content (AvgIpc) is 4.06. The van der Waals surface area contributed by atoms with Crippen molar-refractivity contribution in [3.05, 3.63) is 120 Å². The van der Waals surface area contributed by atoms with E-state index in [2.05, 4.69) is 44.8 Å². The second-order valence-corrected chi connectivity index (χ2v) is 18.0. The number of nitrogens with two attached hydrogens (primary N) is 2. The maximum absolute atomic E-state index is 14.0. The molecule has 0 aliphatic carbocycles. The highest BCUT2D eigenvalue weighted by Crippen LogP contribution is 2.49. The Hall–Kier alpha value is -6.97. The lowest BCUT2D eigenvalue weighted by molar-refractivity contribution is -0.146. The fourth-order valence-corrected chi connectivity index (χ4v) is 10.4. The Balaban J connectivity index is 1.23. The van der Waals surface area contributed by atoms with Crippen LogP contribution in [0.2, 0.25) is 0 Å². The first-order valence-corrected chi connectivity index (χ1v) is 22.2. The van der Waals surface area contributed by atoms with E-state index < -0.39 is 59.0 Å². The van der Waals surface area contributed by atoms with Gasteiger partial charge in [-0.1, -0.05) is 94.4 Å². The molecule has 16 nitrogen and oxygen atoms in total. The first-order chi connectivity index (χ1) is 31.0. The lowest BCUT2D eigenvalue weighted by Gasteiger charge is -2.39. The molecule has 3 aromatic carbocycles. The summed E-state index contributed by atoms with van der Waals surface area (Å²) < 4.78 is 0. The maximum atomic E-state index is 14.0. The number of likely N-dealkylation sites (tertiary alicyclic amines) is 2. The number of hydrogen-bond donors (Lipinski definition) is 6. The normalized spacial score (nSPS) is 22.8. The molecule has 7 rings (SSSR count). The number of anilines is 1. The SMILES string of the molecule is CC(C)[C@H](NC(=O)O)C(=O)N1CCC[C@@]1(C(N)=O)c1ccc([C@@H]2CC[C@@H](c3ccc([C@]4(C(N)=O)CCCN4C(=O)[C@@H](NC(=O)O)C(C)C)cc3)N2c2ccc(-c3cccnc3)cc2)cc1. The molecule has 65 heavy (non-hydrogen) atoms. The van der Waals surface area contributed by atoms with Gasteiger partial charge >= 0.3 is 12.2 Å². The predicted octanol–water partition coefficient (Wildman–Crippen LogP) is 6.02. The lowest BCUT2D eigenvalue weighted by atomic mass is 9.84. The summed E-state index contributed by atoms with van der Waals surface area (Å²) in [6.07, 6.45) is 3.98. The molecule has 0 saturated carbocycles. The number of rotatable bonds is 14. The summed E-state index contributed by atoms with van der Waals surface area (Å²) in [4.78, 5) is 87.8. The van der Waals surface area contributed by atoms with E-state index >= 15 is 0 Å². The number of nitrogens with zero attached hydrogens (tertiary/aromatic N) is 4. The lowest BCUT2D eigenvalue weighted by Crippen LogP contribution is -2.59. The third-order valence-corrected chi connectivity index (χ3v) is 13.6. The van der Waals surface area contributed by atoms with Crippen LogP contribution in [0.1, 0.15) is 101 Å². The Labute approximate surface area is 378 Å². The largest absolute Gasteiger partial charge is 0.465 e. The first kappa shape index (κ1) is 46.0. The van der Waals surface area contributed by atoms with E-state index in [0.29, 0.717) is 36.8 Å². The van der Waals surface area contributed by atoms with Crippen LogP contribution in [0.15, 0.2) is 97.3 Å². The van der Waals surface area contributed by atoms with Crippen molar-refractivity contribution < 1.29 is 39.0 Å². The molecule has 0 bridgehead atoms. The molecule has 3 fully saturated rings. The third kappa shape index (κ3) is 8.56. The molecule has 3 aliphatic rings. The van der Waals surface area contributed by atoms with Gasteiger partial charge in [-0.3, -0.25) is 24.2 Å². The number of aromatic nitrogens is 1.